The normalized spacial score (nSPS) is 13.6. The van der Waals surface area contributed by atoms with Crippen molar-refractivity contribution in [2.24, 2.45) is 5.73 Å². The maximum atomic E-state index is 11.7. The summed E-state index contributed by atoms with van der Waals surface area (Å²) in [6.45, 7) is 4.51. The van der Waals surface area contributed by atoms with E-state index in [4.69, 9.17) is 24.8 Å². The number of nitrogens with two attached hydrogens (primary N) is 1. The van der Waals surface area contributed by atoms with Crippen LogP contribution < -0.4 is 11.1 Å². The highest BCUT2D eigenvalue weighted by molar-refractivity contribution is 5.79. The van der Waals surface area contributed by atoms with Crippen LogP contribution in [0.15, 0.2) is 0 Å². The van der Waals surface area contributed by atoms with Gasteiger partial charge in [0.15, 0.2) is 0 Å². The summed E-state index contributed by atoms with van der Waals surface area (Å²) in [6, 6.07) is 0. The quantitative estimate of drug-likeness (QED) is 0.265. The number of carbonyl (C=O) groups excluding carboxylic acids is 3. The molecule has 0 aromatic heterocycles. The fourth-order valence-electron chi connectivity index (χ4n) is 2.92. The second kappa shape index (κ2) is 19.0. The van der Waals surface area contributed by atoms with E-state index in [0.29, 0.717) is 78.5 Å². The van der Waals surface area contributed by atoms with Crippen LogP contribution in [0, 0.1) is 0 Å². The molecule has 2 amide bonds. The van der Waals surface area contributed by atoms with E-state index in [2.05, 4.69) is 5.32 Å². The third-order valence-electron chi connectivity index (χ3n) is 4.60. The zero-order valence-electron chi connectivity index (χ0n) is 18.6. The summed E-state index contributed by atoms with van der Waals surface area (Å²) < 4.78 is 15.9. The summed E-state index contributed by atoms with van der Waals surface area (Å²) >= 11 is 0. The van der Waals surface area contributed by atoms with Crippen molar-refractivity contribution >= 4 is 17.8 Å². The number of nitrogens with zero attached hydrogens (tertiary/aromatic N) is 1. The molecule has 0 aromatic rings. The van der Waals surface area contributed by atoms with Crippen LogP contribution in [0.25, 0.3) is 0 Å². The van der Waals surface area contributed by atoms with E-state index in [0.717, 1.165) is 38.5 Å². The monoisotopic (exact) mass is 445 g/mol. The molecule has 0 aromatic carbocycles. The van der Waals surface area contributed by atoms with Crippen LogP contribution in [-0.4, -0.2) is 82.1 Å². The van der Waals surface area contributed by atoms with Gasteiger partial charge in [-0.2, -0.15) is 5.06 Å². The van der Waals surface area contributed by atoms with Gasteiger partial charge in [0.1, 0.15) is 0 Å². The van der Waals surface area contributed by atoms with E-state index >= 15 is 0 Å². The van der Waals surface area contributed by atoms with Crippen molar-refractivity contribution in [1.29, 1.82) is 0 Å². The van der Waals surface area contributed by atoms with E-state index in [1.165, 1.54) is 5.06 Å². The van der Waals surface area contributed by atoms with E-state index in [9.17, 15) is 14.4 Å². The first kappa shape index (κ1) is 27.3. The van der Waals surface area contributed by atoms with E-state index in [1.807, 2.05) is 0 Å². The molecule has 1 aliphatic rings. The average molecular weight is 446 g/mol. The van der Waals surface area contributed by atoms with Gasteiger partial charge in [-0.05, 0) is 19.3 Å². The van der Waals surface area contributed by atoms with Gasteiger partial charge in [0.25, 0.3) is 5.91 Å². The van der Waals surface area contributed by atoms with E-state index < -0.39 is 0 Å². The zero-order chi connectivity index (χ0) is 22.6. The molecule has 0 bridgehead atoms. The van der Waals surface area contributed by atoms with Crippen molar-refractivity contribution in [2.45, 2.75) is 57.8 Å². The lowest BCUT2D eigenvalue weighted by atomic mass is 10.1. The Morgan fingerprint density at radius 1 is 0.871 bits per heavy atom. The van der Waals surface area contributed by atoms with Crippen LogP contribution in [0.1, 0.15) is 57.8 Å². The van der Waals surface area contributed by atoms with Gasteiger partial charge in [0.2, 0.25) is 5.91 Å². The van der Waals surface area contributed by atoms with Crippen LogP contribution in [0.2, 0.25) is 0 Å². The molecule has 1 heterocycles. The highest BCUT2D eigenvalue weighted by atomic mass is 16.7. The number of hydrogen-bond donors (Lipinski definition) is 2. The Morgan fingerprint density at radius 3 is 2.19 bits per heavy atom. The Morgan fingerprint density at radius 2 is 1.52 bits per heavy atom. The number of unbranched alkanes of at least 4 members (excludes halogenated alkanes) is 4. The van der Waals surface area contributed by atoms with Crippen LogP contribution in [0.5, 0.6) is 0 Å². The van der Waals surface area contributed by atoms with Crippen molar-refractivity contribution in [3.8, 4) is 0 Å². The van der Waals surface area contributed by atoms with Gasteiger partial charge in [-0.3, -0.25) is 9.59 Å². The molecule has 31 heavy (non-hydrogen) atoms. The number of hydrogen-bond acceptors (Lipinski definition) is 8. The van der Waals surface area contributed by atoms with Gasteiger partial charge in [-0.25, -0.2) is 4.79 Å². The van der Waals surface area contributed by atoms with Gasteiger partial charge >= 0.3 is 5.97 Å². The summed E-state index contributed by atoms with van der Waals surface area (Å²) in [5, 5.41) is 4.05. The van der Waals surface area contributed by atoms with Crippen molar-refractivity contribution in [3.05, 3.63) is 0 Å². The van der Waals surface area contributed by atoms with Gasteiger partial charge < -0.3 is 30.1 Å². The van der Waals surface area contributed by atoms with Crippen LogP contribution in [0.4, 0.5) is 0 Å². The minimum absolute atomic E-state index is 0.0182. The summed E-state index contributed by atoms with van der Waals surface area (Å²) in [5.74, 6) is -0.473. The lowest BCUT2D eigenvalue weighted by molar-refractivity contribution is -0.192. The number of hydroxylamine groups is 2. The van der Waals surface area contributed by atoms with E-state index in [1.54, 1.807) is 0 Å². The first-order valence-electron chi connectivity index (χ1n) is 11.3. The first-order chi connectivity index (χ1) is 15.1. The molecule has 0 saturated carbocycles. The first-order valence-corrected chi connectivity index (χ1v) is 11.3. The highest BCUT2D eigenvalue weighted by Gasteiger charge is 2.23. The molecule has 1 fully saturated rings. The molecule has 0 atom stereocenters. The average Bonchev–Trinajstić information content (AvgIpc) is 3.15. The maximum absolute atomic E-state index is 11.7. The van der Waals surface area contributed by atoms with Crippen molar-refractivity contribution < 1.29 is 33.4 Å². The number of nitrogens with one attached hydrogen (secondary N) is 1. The summed E-state index contributed by atoms with van der Waals surface area (Å²) in [4.78, 5) is 39.8. The van der Waals surface area contributed by atoms with Gasteiger partial charge in [-0.1, -0.05) is 19.3 Å². The Hall–Kier alpha value is -1.75. The fourth-order valence-corrected chi connectivity index (χ4v) is 2.92. The molecule has 0 aliphatic carbocycles. The molecule has 0 unspecified atom stereocenters. The lowest BCUT2D eigenvalue weighted by Gasteiger charge is -2.14. The molecule has 10 nitrogen and oxygen atoms in total. The highest BCUT2D eigenvalue weighted by Crippen LogP contribution is 2.12. The third-order valence-corrected chi connectivity index (χ3v) is 4.60. The van der Waals surface area contributed by atoms with Crippen LogP contribution in [0.3, 0.4) is 0 Å². The van der Waals surface area contributed by atoms with Crippen molar-refractivity contribution in [2.75, 3.05) is 59.3 Å². The third kappa shape index (κ3) is 15.7. The Labute approximate surface area is 185 Å². The number of amides is 2. The molecule has 1 aliphatic heterocycles. The van der Waals surface area contributed by atoms with Crippen molar-refractivity contribution in [3.63, 3.8) is 0 Å². The summed E-state index contributed by atoms with van der Waals surface area (Å²) in [5.41, 5.74) is 5.30. The van der Waals surface area contributed by atoms with Crippen molar-refractivity contribution in [1.82, 2.24) is 10.4 Å². The number of rotatable bonds is 20. The molecule has 0 spiro atoms. The van der Waals surface area contributed by atoms with Gasteiger partial charge in [-0.15, -0.1) is 0 Å². The smallest absolute Gasteiger partial charge is 0.332 e. The van der Waals surface area contributed by atoms with Crippen LogP contribution in [-0.2, 0) is 33.4 Å². The molecule has 0 radical (unpaired) electrons. The minimum Gasteiger partial charge on any atom is -0.379 e. The second-order valence-corrected chi connectivity index (χ2v) is 7.31. The topological polar surface area (TPSA) is 129 Å². The molecule has 10 heteroatoms. The summed E-state index contributed by atoms with van der Waals surface area (Å²) in [6.07, 6.45) is 6.42. The van der Waals surface area contributed by atoms with Gasteiger partial charge in [0.05, 0.1) is 46.2 Å². The second-order valence-electron chi connectivity index (χ2n) is 7.31. The number of carbonyl (C=O) groups is 3. The predicted molar refractivity (Wildman–Crippen MR) is 114 cm³/mol. The fraction of sp³-hybridized carbons (Fsp3) is 0.857. The predicted octanol–water partition coefficient (Wildman–Crippen LogP) is 0.922. The lowest BCUT2D eigenvalue weighted by Crippen LogP contribution is -2.28. The minimum atomic E-state index is -0.340. The van der Waals surface area contributed by atoms with Gasteiger partial charge in [0, 0.05) is 32.4 Å². The maximum Gasteiger partial charge on any atom is 0.332 e. The Bertz CT molecular complexity index is 505. The largest absolute Gasteiger partial charge is 0.379 e. The summed E-state index contributed by atoms with van der Waals surface area (Å²) in [7, 11) is 0. The van der Waals surface area contributed by atoms with E-state index in [-0.39, 0.29) is 17.8 Å². The molecule has 1 rings (SSSR count). The SMILES string of the molecule is NCCOCCOCCOCCC(=O)NCCCCCCCC(=O)ON1CCCC1=O. The zero-order valence-corrected chi connectivity index (χ0v) is 18.6. The standard InChI is InChI=1S/C21H39N3O7/c22-10-14-29-16-18-30-17-15-28-13-9-19(25)23-11-5-3-1-2-4-8-21(27)31-24-12-6-7-20(24)26/h1-18,22H2,(H,23,25). The van der Waals surface area contributed by atoms with Crippen LogP contribution >= 0.6 is 0 Å². The molecule has 1 saturated heterocycles. The molecular weight excluding hydrogens is 406 g/mol. The molecular formula is C21H39N3O7. The molecule has 3 N–H and O–H groups in total. The Balaban J connectivity index is 1.79. The number of ether oxygens (including phenoxy) is 3. The molecule has 180 valence electrons. The Kier molecular flexibility index (Phi) is 16.7.